The first-order valence-corrected chi connectivity index (χ1v) is 19.3. The van der Waals surface area contributed by atoms with Crippen molar-refractivity contribution in [1.29, 1.82) is 0 Å². The Morgan fingerprint density at radius 1 is 0.812 bits per heavy atom. The normalized spacial score (nSPS) is 17.4. The third-order valence-corrected chi connectivity index (χ3v) is 10.2. The van der Waals surface area contributed by atoms with Crippen LogP contribution in [0.1, 0.15) is 42.5 Å². The third kappa shape index (κ3) is 9.74. The van der Waals surface area contributed by atoms with Crippen LogP contribution in [0.25, 0.3) is 11.1 Å². The summed E-state index contributed by atoms with van der Waals surface area (Å²) < 4.78 is 66.1. The van der Waals surface area contributed by atoms with Gasteiger partial charge in [0.2, 0.25) is 5.69 Å². The van der Waals surface area contributed by atoms with E-state index in [9.17, 15) is 25.9 Å². The van der Waals surface area contributed by atoms with Crippen molar-refractivity contribution in [3.63, 3.8) is 0 Å². The maximum Gasteiger partial charge on any atom is 0.265 e. The molecule has 0 saturated carbocycles. The molecule has 11 heteroatoms. The second kappa shape index (κ2) is 15.9. The van der Waals surface area contributed by atoms with Gasteiger partial charge in [0.15, 0.2) is 6.20 Å². The van der Waals surface area contributed by atoms with Gasteiger partial charge in [0.1, 0.15) is 6.54 Å². The summed E-state index contributed by atoms with van der Waals surface area (Å²) >= 11 is 7.18. The van der Waals surface area contributed by atoms with Gasteiger partial charge in [-0.2, -0.15) is 21.4 Å². The van der Waals surface area contributed by atoms with Crippen molar-refractivity contribution >= 4 is 43.0 Å². The smallest absolute Gasteiger partial charge is 0.265 e. The second-order valence-electron chi connectivity index (χ2n) is 11.6. The fourth-order valence-electron chi connectivity index (χ4n) is 5.83. The van der Waals surface area contributed by atoms with E-state index in [2.05, 4.69) is 12.2 Å². The van der Waals surface area contributed by atoms with Crippen LogP contribution in [0.2, 0.25) is 0 Å². The molecule has 48 heavy (non-hydrogen) atoms. The van der Waals surface area contributed by atoms with Gasteiger partial charge in [0, 0.05) is 47.6 Å². The lowest BCUT2D eigenvalue weighted by Crippen LogP contribution is -2.38. The maximum atomic E-state index is 11.4. The van der Waals surface area contributed by atoms with Crippen molar-refractivity contribution in [3.05, 3.63) is 160 Å². The molecule has 2 N–H and O–H groups in total. The van der Waals surface area contributed by atoms with Crippen LogP contribution in [0.3, 0.4) is 0 Å². The lowest BCUT2D eigenvalue weighted by molar-refractivity contribution is -0.698. The first kappa shape index (κ1) is 35.3. The van der Waals surface area contributed by atoms with E-state index in [4.69, 9.17) is 11.6 Å². The molecule has 0 atom stereocenters. The highest BCUT2D eigenvalue weighted by Crippen LogP contribution is 2.40. The van der Waals surface area contributed by atoms with Crippen molar-refractivity contribution in [1.82, 2.24) is 4.90 Å². The van der Waals surface area contributed by atoms with E-state index >= 15 is 0 Å². The molecule has 250 valence electrons. The first-order valence-electron chi connectivity index (χ1n) is 15.7. The Bertz CT molecular complexity index is 2030. The molecule has 5 rings (SSSR count). The van der Waals surface area contributed by atoms with E-state index < -0.39 is 20.2 Å². The van der Waals surface area contributed by atoms with Crippen molar-refractivity contribution in [2.45, 2.75) is 32.2 Å². The van der Waals surface area contributed by atoms with Gasteiger partial charge < -0.3 is 4.90 Å². The largest absolute Gasteiger partial charge is 0.347 e. The first-order chi connectivity index (χ1) is 23.0. The predicted octanol–water partition coefficient (Wildman–Crippen LogP) is 6.97. The van der Waals surface area contributed by atoms with Crippen LogP contribution in [0.5, 0.6) is 0 Å². The highest BCUT2D eigenvalue weighted by molar-refractivity contribution is 7.86. The van der Waals surface area contributed by atoms with E-state index in [1.165, 1.54) is 0 Å². The Morgan fingerprint density at radius 2 is 1.46 bits per heavy atom. The summed E-state index contributed by atoms with van der Waals surface area (Å²) in [6.45, 7) is 0.795. The fraction of sp³-hybridized carbons (Fsp3) is 0.216. The Balaban J connectivity index is 1.56. The molecular formula is C37H38ClN2O6S2+. The van der Waals surface area contributed by atoms with E-state index in [1.807, 2.05) is 119 Å². The summed E-state index contributed by atoms with van der Waals surface area (Å²) in [6, 6.07) is 25.7. The molecule has 1 aromatic heterocycles. The zero-order valence-corrected chi connectivity index (χ0v) is 28.7. The molecule has 2 heterocycles. The molecule has 0 bridgehead atoms. The molecular weight excluding hydrogens is 668 g/mol. The SMILES string of the molecule is O=S(=O)(O)CCCN1C=CC=CC1=C(C=C1CCC(C=C(c2ccccc2)c2cccc[n+]2CCCS(=O)(=O)O)=C1Cl)c1ccccc1. The maximum absolute atomic E-state index is 11.4. The minimum Gasteiger partial charge on any atom is -0.347 e. The van der Waals surface area contributed by atoms with E-state index in [-0.39, 0.29) is 24.3 Å². The number of aromatic nitrogens is 1. The summed E-state index contributed by atoms with van der Waals surface area (Å²) in [7, 11) is -8.14. The van der Waals surface area contributed by atoms with Crippen molar-refractivity contribution in [3.8, 4) is 0 Å². The molecule has 0 spiro atoms. The summed E-state index contributed by atoms with van der Waals surface area (Å²) in [5.41, 5.74) is 7.55. The summed E-state index contributed by atoms with van der Waals surface area (Å²) in [5, 5.41) is 0.652. The molecule has 0 radical (unpaired) electrons. The van der Waals surface area contributed by atoms with E-state index in [0.717, 1.165) is 44.8 Å². The average molecular weight is 706 g/mol. The summed E-state index contributed by atoms with van der Waals surface area (Å²) in [6.07, 6.45) is 15.8. The number of pyridine rings is 1. The lowest BCUT2D eigenvalue weighted by Gasteiger charge is -2.26. The van der Waals surface area contributed by atoms with Gasteiger partial charge in [-0.25, -0.2) is 0 Å². The minimum absolute atomic E-state index is 0.256. The number of rotatable bonds is 13. The molecule has 0 fully saturated rings. The van der Waals surface area contributed by atoms with Gasteiger partial charge in [-0.3, -0.25) is 9.11 Å². The predicted molar refractivity (Wildman–Crippen MR) is 191 cm³/mol. The Morgan fingerprint density at radius 3 is 2.15 bits per heavy atom. The van der Waals surface area contributed by atoms with Crippen molar-refractivity contribution < 1.29 is 30.5 Å². The quantitative estimate of drug-likeness (QED) is 0.146. The zero-order chi connectivity index (χ0) is 34.1. The Hall–Kier alpha value is -4.06. The number of hydrogen-bond donors (Lipinski definition) is 2. The van der Waals surface area contributed by atoms with E-state index in [1.54, 1.807) is 0 Å². The average Bonchev–Trinajstić information content (AvgIpc) is 3.40. The van der Waals surface area contributed by atoms with Crippen molar-refractivity contribution in [2.75, 3.05) is 18.1 Å². The summed E-state index contributed by atoms with van der Waals surface area (Å²) in [4.78, 5) is 1.99. The monoisotopic (exact) mass is 705 g/mol. The van der Waals surface area contributed by atoms with Crippen LogP contribution in [-0.4, -0.2) is 48.9 Å². The van der Waals surface area contributed by atoms with Crippen molar-refractivity contribution in [2.24, 2.45) is 0 Å². The van der Waals surface area contributed by atoms with E-state index in [0.29, 0.717) is 31.0 Å². The van der Waals surface area contributed by atoms with Crippen LogP contribution in [0.15, 0.2) is 144 Å². The molecule has 1 aliphatic carbocycles. The van der Waals surface area contributed by atoms with Gasteiger partial charge >= 0.3 is 0 Å². The van der Waals surface area contributed by atoms with Gasteiger partial charge in [0.05, 0.1) is 17.1 Å². The second-order valence-corrected chi connectivity index (χ2v) is 15.1. The molecule has 2 aliphatic rings. The Labute approximate surface area is 287 Å². The number of nitrogens with zero attached hydrogens (tertiary/aromatic N) is 2. The highest BCUT2D eigenvalue weighted by atomic mass is 35.5. The molecule has 3 aromatic rings. The fourth-order valence-corrected chi connectivity index (χ4v) is 7.11. The standard InChI is InChI=1S/C37H37ClN2O6S2/c38-37-31(27-33(29-13-3-1-4-14-29)35-17-7-9-21-39(35)23-11-25-47(41,42)43)19-20-32(37)28-34(30-15-5-2-6-16-30)36-18-8-10-22-40(36)24-12-26-48(44,45)46/h1-10,13-18,21-22,27-28H,11-12,19-20,23-26H2,(H-,41,42,43,44,45,46)/p+1. The number of benzene rings is 2. The molecule has 1 aliphatic heterocycles. The molecule has 0 saturated heterocycles. The molecule has 0 amide bonds. The number of halogens is 1. The highest BCUT2D eigenvalue weighted by Gasteiger charge is 2.23. The topological polar surface area (TPSA) is 116 Å². The summed E-state index contributed by atoms with van der Waals surface area (Å²) in [5.74, 6) is -0.655. The van der Waals surface area contributed by atoms with Gasteiger partial charge in [0.25, 0.3) is 20.2 Å². The number of aryl methyl sites for hydroxylation is 1. The van der Waals surface area contributed by atoms with Gasteiger partial charge in [-0.1, -0.05) is 78.3 Å². The van der Waals surface area contributed by atoms with Gasteiger partial charge in [-0.15, -0.1) is 0 Å². The number of hydrogen-bond acceptors (Lipinski definition) is 5. The molecule has 2 aromatic carbocycles. The molecule has 8 nitrogen and oxygen atoms in total. The zero-order valence-electron chi connectivity index (χ0n) is 26.3. The third-order valence-electron chi connectivity index (χ3n) is 8.07. The van der Waals surface area contributed by atoms with Crippen LogP contribution in [0.4, 0.5) is 0 Å². The van der Waals surface area contributed by atoms with Gasteiger partial charge in [-0.05, 0) is 71.9 Å². The van der Waals surface area contributed by atoms with Crippen LogP contribution >= 0.6 is 11.6 Å². The van der Waals surface area contributed by atoms with Crippen LogP contribution in [0, 0.1) is 0 Å². The Kier molecular flexibility index (Phi) is 11.7. The van der Waals surface area contributed by atoms with Crippen LogP contribution < -0.4 is 4.57 Å². The minimum atomic E-state index is -4.07. The molecule has 0 unspecified atom stereocenters. The number of allylic oxidation sites excluding steroid dienone is 9. The lowest BCUT2D eigenvalue weighted by atomic mass is 9.98. The van der Waals surface area contributed by atoms with Crippen LogP contribution in [-0.2, 0) is 26.8 Å².